The molecule has 3 aromatic rings. The van der Waals surface area contributed by atoms with Crippen molar-refractivity contribution in [2.24, 2.45) is 0 Å². The van der Waals surface area contributed by atoms with E-state index >= 15 is 0 Å². The molecule has 35 heavy (non-hydrogen) atoms. The van der Waals surface area contributed by atoms with E-state index < -0.39 is 23.5 Å². The molecule has 182 valence electrons. The van der Waals surface area contributed by atoms with Crippen LogP contribution in [0.4, 0.5) is 5.69 Å². The summed E-state index contributed by atoms with van der Waals surface area (Å²) >= 11 is 14.1. The number of aliphatic hydroxyl groups excluding tert-OH is 1. The maximum absolute atomic E-state index is 13.3. The van der Waals surface area contributed by atoms with Crippen molar-refractivity contribution >= 4 is 57.7 Å². The lowest BCUT2D eigenvalue weighted by Crippen LogP contribution is -2.29. The third-order valence-corrected chi connectivity index (χ3v) is 7.01. The monoisotopic (exact) mass is 533 g/mol. The number of halogens is 2. The summed E-state index contributed by atoms with van der Waals surface area (Å²) in [4.78, 5) is 28.7. The number of benzene rings is 2. The highest BCUT2D eigenvalue weighted by atomic mass is 35.5. The third kappa shape index (κ3) is 4.33. The molecule has 1 aromatic heterocycles. The maximum atomic E-state index is 13.3. The summed E-state index contributed by atoms with van der Waals surface area (Å²) in [5, 5.41) is 13.4. The first kappa shape index (κ1) is 24.9. The largest absolute Gasteiger partial charge is 0.507 e. The number of amides is 1. The van der Waals surface area contributed by atoms with Gasteiger partial charge in [0.15, 0.2) is 11.5 Å². The smallest absolute Gasteiger partial charge is 0.300 e. The molecule has 4 rings (SSSR count). The second kappa shape index (κ2) is 10.2. The molecule has 10 heteroatoms. The lowest BCUT2D eigenvalue weighted by atomic mass is 9.99. The Labute approximate surface area is 216 Å². The highest BCUT2D eigenvalue weighted by molar-refractivity contribution is 7.10. The summed E-state index contributed by atoms with van der Waals surface area (Å²) in [7, 11) is 2.75. The van der Waals surface area contributed by atoms with E-state index in [1.807, 2.05) is 12.3 Å². The summed E-state index contributed by atoms with van der Waals surface area (Å²) < 4.78 is 16.2. The van der Waals surface area contributed by atoms with Gasteiger partial charge < -0.3 is 19.3 Å². The van der Waals surface area contributed by atoms with Crippen LogP contribution in [0.2, 0.25) is 10.0 Å². The van der Waals surface area contributed by atoms with Crippen LogP contribution in [0.25, 0.3) is 5.76 Å². The quantitative estimate of drug-likeness (QED) is 0.224. The highest BCUT2D eigenvalue weighted by Gasteiger charge is 2.48. The van der Waals surface area contributed by atoms with E-state index in [0.29, 0.717) is 22.9 Å². The number of carbonyl (C=O) groups is 2. The number of ketones is 1. The second-order valence-electron chi connectivity index (χ2n) is 7.40. The molecule has 1 unspecified atom stereocenters. The molecule has 0 aliphatic carbocycles. The highest BCUT2D eigenvalue weighted by Crippen LogP contribution is 2.48. The number of hydrogen-bond acceptors (Lipinski definition) is 7. The van der Waals surface area contributed by atoms with Crippen LogP contribution in [0.15, 0.2) is 53.4 Å². The Bertz CT molecular complexity index is 1320. The minimum atomic E-state index is -0.892. The molecule has 1 N–H and O–H groups in total. The lowest BCUT2D eigenvalue weighted by Gasteiger charge is -2.25. The van der Waals surface area contributed by atoms with Crippen LogP contribution in [0.5, 0.6) is 17.2 Å². The number of aliphatic hydroxyl groups is 1. The first-order chi connectivity index (χ1) is 16.8. The molecule has 2 aromatic carbocycles. The first-order valence-electron chi connectivity index (χ1n) is 10.5. The molecule has 1 fully saturated rings. The fraction of sp³-hybridized carbons (Fsp3) is 0.200. The zero-order valence-corrected chi connectivity index (χ0v) is 21.3. The van der Waals surface area contributed by atoms with E-state index in [1.54, 1.807) is 36.4 Å². The zero-order valence-electron chi connectivity index (χ0n) is 19.0. The van der Waals surface area contributed by atoms with Crippen molar-refractivity contribution < 1.29 is 28.9 Å². The minimum Gasteiger partial charge on any atom is -0.507 e. The van der Waals surface area contributed by atoms with Gasteiger partial charge in [-0.1, -0.05) is 35.3 Å². The van der Waals surface area contributed by atoms with E-state index in [2.05, 4.69) is 0 Å². The number of ether oxygens (including phenoxy) is 3. The maximum Gasteiger partial charge on any atom is 0.300 e. The Balaban J connectivity index is 1.96. The number of methoxy groups -OCH3 is 2. The van der Waals surface area contributed by atoms with Crippen molar-refractivity contribution in [3.8, 4) is 17.2 Å². The molecule has 0 spiro atoms. The Morgan fingerprint density at radius 3 is 2.46 bits per heavy atom. The Hall–Kier alpha value is -3.20. The summed E-state index contributed by atoms with van der Waals surface area (Å²) in [5.41, 5.74) is 0.397. The van der Waals surface area contributed by atoms with Crippen LogP contribution < -0.4 is 19.1 Å². The number of anilines is 1. The summed E-state index contributed by atoms with van der Waals surface area (Å²) in [6.07, 6.45) is 0. The van der Waals surface area contributed by atoms with Crippen LogP contribution in [0.3, 0.4) is 0 Å². The van der Waals surface area contributed by atoms with Crippen molar-refractivity contribution in [3.05, 3.63) is 73.9 Å². The standard InChI is InChI=1S/C25H21Cl2NO6S/c1-4-34-14-8-5-7-13(11-14)28-20(17-9-6-10-35-17)18(22(30)25(28)31)21(29)15-12-16(26)24(33-3)19(27)23(15)32-2/h5-12,20,29H,4H2,1-3H3/b21-18-. The molecule has 0 bridgehead atoms. The number of rotatable bonds is 7. The normalized spacial score (nSPS) is 17.1. The van der Waals surface area contributed by atoms with Gasteiger partial charge in [0.25, 0.3) is 11.7 Å². The minimum absolute atomic E-state index is 0.0235. The lowest BCUT2D eigenvalue weighted by molar-refractivity contribution is -0.132. The first-order valence-corrected chi connectivity index (χ1v) is 12.1. The van der Waals surface area contributed by atoms with E-state index in [1.165, 1.54) is 36.5 Å². The van der Waals surface area contributed by atoms with Crippen molar-refractivity contribution in [2.75, 3.05) is 25.7 Å². The molecule has 1 aliphatic rings. The summed E-state index contributed by atoms with van der Waals surface area (Å²) in [5.74, 6) is -1.35. The molecular weight excluding hydrogens is 513 g/mol. The third-order valence-electron chi connectivity index (χ3n) is 5.46. The predicted molar refractivity (Wildman–Crippen MR) is 136 cm³/mol. The van der Waals surface area contributed by atoms with Gasteiger partial charge in [0.1, 0.15) is 22.6 Å². The van der Waals surface area contributed by atoms with Crippen LogP contribution in [0, 0.1) is 0 Å². The molecule has 1 amide bonds. The van der Waals surface area contributed by atoms with Crippen LogP contribution in [-0.4, -0.2) is 37.6 Å². The van der Waals surface area contributed by atoms with Gasteiger partial charge in [-0.25, -0.2) is 0 Å². The summed E-state index contributed by atoms with van der Waals surface area (Å²) in [6, 6.07) is 11.0. The van der Waals surface area contributed by atoms with Gasteiger partial charge in [0, 0.05) is 16.6 Å². The van der Waals surface area contributed by atoms with Gasteiger partial charge in [-0.05, 0) is 36.6 Å². The van der Waals surface area contributed by atoms with Crippen molar-refractivity contribution in [1.29, 1.82) is 0 Å². The molecule has 2 heterocycles. The average molecular weight is 534 g/mol. The fourth-order valence-corrected chi connectivity index (χ4v) is 5.51. The van der Waals surface area contributed by atoms with Crippen LogP contribution in [-0.2, 0) is 9.59 Å². The molecule has 1 saturated heterocycles. The number of nitrogens with zero attached hydrogens (tertiary/aromatic N) is 1. The summed E-state index contributed by atoms with van der Waals surface area (Å²) in [6.45, 7) is 2.29. The van der Waals surface area contributed by atoms with E-state index in [4.69, 9.17) is 37.4 Å². The fourth-order valence-electron chi connectivity index (χ4n) is 4.00. The van der Waals surface area contributed by atoms with Crippen LogP contribution >= 0.6 is 34.5 Å². The van der Waals surface area contributed by atoms with Gasteiger partial charge in [-0.15, -0.1) is 11.3 Å². The van der Waals surface area contributed by atoms with E-state index in [9.17, 15) is 14.7 Å². The van der Waals surface area contributed by atoms with Crippen molar-refractivity contribution in [3.63, 3.8) is 0 Å². The number of hydrogen-bond donors (Lipinski definition) is 1. The molecular formula is C25H21Cl2NO6S. The average Bonchev–Trinajstić information content (AvgIpc) is 3.46. The van der Waals surface area contributed by atoms with Gasteiger partial charge in [0.05, 0.1) is 37.0 Å². The zero-order chi connectivity index (χ0) is 25.3. The van der Waals surface area contributed by atoms with E-state index in [-0.39, 0.29) is 32.7 Å². The molecule has 0 radical (unpaired) electrons. The Morgan fingerprint density at radius 1 is 1.09 bits per heavy atom. The number of Topliss-reactive ketones (excluding diaryl/α,β-unsaturated/α-hetero) is 1. The topological polar surface area (TPSA) is 85.3 Å². The molecule has 1 aliphatic heterocycles. The van der Waals surface area contributed by atoms with Crippen LogP contribution in [0.1, 0.15) is 23.4 Å². The van der Waals surface area contributed by atoms with Gasteiger partial charge >= 0.3 is 0 Å². The second-order valence-corrected chi connectivity index (χ2v) is 9.17. The molecule has 7 nitrogen and oxygen atoms in total. The van der Waals surface area contributed by atoms with Gasteiger partial charge in [0.2, 0.25) is 0 Å². The van der Waals surface area contributed by atoms with Gasteiger partial charge in [-0.2, -0.15) is 0 Å². The van der Waals surface area contributed by atoms with E-state index in [0.717, 1.165) is 0 Å². The molecule has 0 saturated carbocycles. The number of thiophene rings is 1. The van der Waals surface area contributed by atoms with Crippen molar-refractivity contribution in [1.82, 2.24) is 0 Å². The van der Waals surface area contributed by atoms with Crippen molar-refractivity contribution in [2.45, 2.75) is 13.0 Å². The molecule has 1 atom stereocenters. The predicted octanol–water partition coefficient (Wildman–Crippen LogP) is 6.10. The Morgan fingerprint density at radius 2 is 1.83 bits per heavy atom. The SMILES string of the molecule is CCOc1cccc(N2C(=O)C(=O)/C(=C(\O)c3cc(Cl)c(OC)c(Cl)c3OC)C2c2cccs2)c1. The van der Waals surface area contributed by atoms with Gasteiger partial charge in [-0.3, -0.25) is 14.5 Å². The Kier molecular flexibility index (Phi) is 7.25. The number of carbonyl (C=O) groups excluding carboxylic acids is 2.